The van der Waals surface area contributed by atoms with E-state index in [2.05, 4.69) is 14.3 Å². The molecule has 1 aliphatic rings. The normalized spacial score (nSPS) is 21.1. The van der Waals surface area contributed by atoms with Gasteiger partial charge in [-0.15, -0.1) is 0 Å². The number of nitrogens with zero attached hydrogens (tertiary/aromatic N) is 1. The Hall–Kier alpha value is -0.700. The van der Waals surface area contributed by atoms with Gasteiger partial charge >= 0.3 is 0 Å². The minimum atomic E-state index is -3.64. The standard InChI is InChI=1S/C10H23N5O2S/c1-8(2)13-18(16,17)14-10(9(11)12)4-6-15(3)7-5-10/h8,13-14H,4-7H2,1-3H3,(H3,11,12). The van der Waals surface area contributed by atoms with Gasteiger partial charge < -0.3 is 10.6 Å². The summed E-state index contributed by atoms with van der Waals surface area (Å²) in [5.41, 5.74) is 4.64. The maximum atomic E-state index is 11.9. The highest BCUT2D eigenvalue weighted by molar-refractivity contribution is 7.87. The van der Waals surface area contributed by atoms with Gasteiger partial charge in [0.05, 0.1) is 5.54 Å². The van der Waals surface area contributed by atoms with Gasteiger partial charge in [-0.2, -0.15) is 17.9 Å². The van der Waals surface area contributed by atoms with Crippen LogP contribution in [-0.4, -0.2) is 50.9 Å². The summed E-state index contributed by atoms with van der Waals surface area (Å²) in [4.78, 5) is 2.09. The van der Waals surface area contributed by atoms with E-state index in [1.54, 1.807) is 13.8 Å². The maximum absolute atomic E-state index is 11.9. The van der Waals surface area contributed by atoms with Crippen molar-refractivity contribution in [3.05, 3.63) is 0 Å². The molecule has 5 N–H and O–H groups in total. The van der Waals surface area contributed by atoms with Gasteiger partial charge in [0.15, 0.2) is 0 Å². The van der Waals surface area contributed by atoms with Crippen molar-refractivity contribution in [1.29, 1.82) is 5.41 Å². The zero-order valence-corrected chi connectivity index (χ0v) is 12.0. The summed E-state index contributed by atoms with van der Waals surface area (Å²) in [6, 6.07) is -0.197. The number of hydrogen-bond donors (Lipinski definition) is 4. The smallest absolute Gasteiger partial charge is 0.278 e. The van der Waals surface area contributed by atoms with Crippen LogP contribution >= 0.6 is 0 Å². The van der Waals surface area contributed by atoms with Crippen LogP contribution in [0.5, 0.6) is 0 Å². The molecule has 0 spiro atoms. The Labute approximate surface area is 109 Å². The van der Waals surface area contributed by atoms with Crippen molar-refractivity contribution in [3.8, 4) is 0 Å². The van der Waals surface area contributed by atoms with Crippen LogP contribution in [0, 0.1) is 5.41 Å². The zero-order chi connectivity index (χ0) is 14.0. The van der Waals surface area contributed by atoms with Crippen LogP contribution in [-0.2, 0) is 10.2 Å². The van der Waals surface area contributed by atoms with Crippen LogP contribution in [0.1, 0.15) is 26.7 Å². The van der Waals surface area contributed by atoms with Crippen molar-refractivity contribution in [2.75, 3.05) is 20.1 Å². The Kier molecular flexibility index (Phi) is 4.71. The van der Waals surface area contributed by atoms with Crippen LogP contribution in [0.25, 0.3) is 0 Å². The van der Waals surface area contributed by atoms with Crippen molar-refractivity contribution in [2.24, 2.45) is 5.73 Å². The average Bonchev–Trinajstić information content (AvgIpc) is 2.19. The van der Waals surface area contributed by atoms with E-state index in [0.29, 0.717) is 25.9 Å². The molecule has 18 heavy (non-hydrogen) atoms. The minimum Gasteiger partial charge on any atom is -0.386 e. The Morgan fingerprint density at radius 1 is 1.39 bits per heavy atom. The van der Waals surface area contributed by atoms with E-state index in [9.17, 15) is 8.42 Å². The molecule has 1 saturated heterocycles. The summed E-state index contributed by atoms with van der Waals surface area (Å²) in [6.45, 7) is 4.91. The molecule has 1 fully saturated rings. The lowest BCUT2D eigenvalue weighted by Crippen LogP contribution is -2.63. The highest BCUT2D eigenvalue weighted by Gasteiger charge is 2.40. The Balaban J connectivity index is 2.85. The molecule has 0 aromatic carbocycles. The lowest BCUT2D eigenvalue weighted by Gasteiger charge is -2.40. The number of piperidine rings is 1. The molecule has 0 aromatic heterocycles. The largest absolute Gasteiger partial charge is 0.386 e. The molecule has 0 saturated carbocycles. The average molecular weight is 277 g/mol. The van der Waals surface area contributed by atoms with E-state index in [1.807, 2.05) is 7.05 Å². The van der Waals surface area contributed by atoms with E-state index in [0.717, 1.165) is 0 Å². The number of amidine groups is 1. The monoisotopic (exact) mass is 277 g/mol. The third kappa shape index (κ3) is 3.91. The second-order valence-corrected chi connectivity index (χ2v) is 6.62. The lowest BCUT2D eigenvalue weighted by atomic mass is 9.88. The van der Waals surface area contributed by atoms with E-state index in [1.165, 1.54) is 0 Å². The quantitative estimate of drug-likeness (QED) is 0.390. The van der Waals surface area contributed by atoms with E-state index < -0.39 is 15.7 Å². The van der Waals surface area contributed by atoms with Crippen molar-refractivity contribution in [1.82, 2.24) is 14.3 Å². The van der Waals surface area contributed by atoms with Crippen LogP contribution in [0.4, 0.5) is 0 Å². The third-order valence-corrected chi connectivity index (χ3v) is 4.52. The van der Waals surface area contributed by atoms with Gasteiger partial charge in [-0.25, -0.2) is 0 Å². The van der Waals surface area contributed by atoms with Crippen molar-refractivity contribution in [3.63, 3.8) is 0 Å². The number of hydrogen-bond acceptors (Lipinski definition) is 4. The van der Waals surface area contributed by atoms with Crippen LogP contribution in [0.15, 0.2) is 0 Å². The lowest BCUT2D eigenvalue weighted by molar-refractivity contribution is 0.218. The SMILES string of the molecule is CC(C)NS(=O)(=O)NC1(C(=N)N)CCN(C)CC1. The van der Waals surface area contributed by atoms with Crippen molar-refractivity contribution >= 4 is 16.0 Å². The molecule has 0 radical (unpaired) electrons. The molecule has 8 heteroatoms. The number of nitrogens with one attached hydrogen (secondary N) is 3. The van der Waals surface area contributed by atoms with E-state index >= 15 is 0 Å². The molecule has 0 aliphatic carbocycles. The van der Waals surface area contributed by atoms with Gasteiger partial charge in [-0.3, -0.25) is 5.41 Å². The van der Waals surface area contributed by atoms with Crippen LogP contribution in [0.2, 0.25) is 0 Å². The Bertz CT molecular complexity index is 398. The fourth-order valence-electron chi connectivity index (χ4n) is 2.02. The fraction of sp³-hybridized carbons (Fsp3) is 0.900. The van der Waals surface area contributed by atoms with Gasteiger partial charge in [0.25, 0.3) is 10.2 Å². The van der Waals surface area contributed by atoms with Crippen LogP contribution in [0.3, 0.4) is 0 Å². The minimum absolute atomic E-state index is 0.121. The molecule has 1 rings (SSSR count). The van der Waals surface area contributed by atoms with E-state index in [-0.39, 0.29) is 11.9 Å². The Morgan fingerprint density at radius 3 is 2.28 bits per heavy atom. The predicted octanol–water partition coefficient (Wildman–Crippen LogP) is -0.781. The fourth-order valence-corrected chi connectivity index (χ4v) is 3.53. The summed E-state index contributed by atoms with van der Waals surface area (Å²) in [5.74, 6) is -0.121. The maximum Gasteiger partial charge on any atom is 0.278 e. The van der Waals surface area contributed by atoms with Gasteiger partial charge in [-0.1, -0.05) is 0 Å². The van der Waals surface area contributed by atoms with Gasteiger partial charge in [0, 0.05) is 19.1 Å². The molecule has 1 aliphatic heterocycles. The first-order valence-corrected chi connectivity index (χ1v) is 7.49. The van der Waals surface area contributed by atoms with Gasteiger partial charge in [0.1, 0.15) is 5.84 Å². The molecule has 7 nitrogen and oxygen atoms in total. The topological polar surface area (TPSA) is 111 Å². The van der Waals surface area contributed by atoms with Gasteiger partial charge in [0.2, 0.25) is 0 Å². The highest BCUT2D eigenvalue weighted by Crippen LogP contribution is 2.22. The summed E-state index contributed by atoms with van der Waals surface area (Å²) in [6.07, 6.45) is 1.02. The molecule has 0 aromatic rings. The number of likely N-dealkylation sites (tertiary alicyclic amines) is 1. The second-order valence-electron chi connectivity index (χ2n) is 5.18. The summed E-state index contributed by atoms with van der Waals surface area (Å²) in [7, 11) is -1.68. The highest BCUT2D eigenvalue weighted by atomic mass is 32.2. The molecule has 0 unspecified atom stereocenters. The predicted molar refractivity (Wildman–Crippen MR) is 71.7 cm³/mol. The van der Waals surface area contributed by atoms with Crippen molar-refractivity contribution in [2.45, 2.75) is 38.3 Å². The van der Waals surface area contributed by atoms with Crippen LogP contribution < -0.4 is 15.2 Å². The molecule has 106 valence electrons. The molecule has 0 bridgehead atoms. The van der Waals surface area contributed by atoms with Crippen molar-refractivity contribution < 1.29 is 8.42 Å². The molecule has 1 heterocycles. The first-order chi connectivity index (χ1) is 8.17. The summed E-state index contributed by atoms with van der Waals surface area (Å²) >= 11 is 0. The molecule has 0 atom stereocenters. The number of rotatable bonds is 5. The van der Waals surface area contributed by atoms with Gasteiger partial charge in [-0.05, 0) is 33.7 Å². The third-order valence-electron chi connectivity index (χ3n) is 3.08. The zero-order valence-electron chi connectivity index (χ0n) is 11.2. The summed E-state index contributed by atoms with van der Waals surface area (Å²) < 4.78 is 28.8. The molecular formula is C10H23N5O2S. The molecule has 0 amide bonds. The number of nitrogens with two attached hydrogens (primary N) is 1. The summed E-state index contributed by atoms with van der Waals surface area (Å²) in [5, 5.41) is 7.67. The first kappa shape index (κ1) is 15.4. The molecular weight excluding hydrogens is 254 g/mol. The first-order valence-electron chi connectivity index (χ1n) is 6.01. The van der Waals surface area contributed by atoms with E-state index in [4.69, 9.17) is 11.1 Å². The second kappa shape index (κ2) is 5.52. The Morgan fingerprint density at radius 2 is 1.89 bits per heavy atom.